The molecule has 27 heavy (non-hydrogen) atoms. The highest BCUT2D eigenvalue weighted by atomic mass is 35.5. The lowest BCUT2D eigenvalue weighted by Gasteiger charge is -2.31. The fourth-order valence-corrected chi connectivity index (χ4v) is 4.17. The van der Waals surface area contributed by atoms with E-state index in [1.807, 2.05) is 18.2 Å². The Balaban J connectivity index is 1.55. The van der Waals surface area contributed by atoms with E-state index in [0.29, 0.717) is 10.0 Å². The standard InChI is InChI=1S/C22H26Cl2N2O/c1-14-10-15(2)21(16(3)11-14)25-22(27)18-6-8-26(9-7-18)13-17-4-5-19(23)20(24)12-17/h4-5,10-12,18H,6-9,13H2,1-3H3,(H,25,27). The van der Waals surface area contributed by atoms with Gasteiger partial charge in [0, 0.05) is 18.2 Å². The van der Waals surface area contributed by atoms with Crippen LogP contribution in [-0.4, -0.2) is 23.9 Å². The first-order chi connectivity index (χ1) is 12.8. The Kier molecular flexibility index (Phi) is 6.46. The van der Waals surface area contributed by atoms with Gasteiger partial charge in [0.1, 0.15) is 0 Å². The van der Waals surface area contributed by atoms with Crippen LogP contribution in [0.25, 0.3) is 0 Å². The number of rotatable bonds is 4. The van der Waals surface area contributed by atoms with Gasteiger partial charge in [0.25, 0.3) is 0 Å². The first kappa shape index (κ1) is 20.2. The monoisotopic (exact) mass is 404 g/mol. The van der Waals surface area contributed by atoms with Gasteiger partial charge in [-0.15, -0.1) is 0 Å². The minimum Gasteiger partial charge on any atom is -0.325 e. The number of hydrogen-bond acceptors (Lipinski definition) is 2. The van der Waals surface area contributed by atoms with E-state index in [-0.39, 0.29) is 11.8 Å². The van der Waals surface area contributed by atoms with Gasteiger partial charge < -0.3 is 5.32 Å². The number of halogens is 2. The van der Waals surface area contributed by atoms with Crippen molar-refractivity contribution < 1.29 is 4.79 Å². The van der Waals surface area contributed by atoms with Gasteiger partial charge in [-0.3, -0.25) is 9.69 Å². The van der Waals surface area contributed by atoms with Crippen LogP contribution in [0.2, 0.25) is 10.0 Å². The van der Waals surface area contributed by atoms with Crippen molar-refractivity contribution in [3.8, 4) is 0 Å². The molecule has 0 aromatic heterocycles. The van der Waals surface area contributed by atoms with E-state index in [0.717, 1.165) is 54.9 Å². The van der Waals surface area contributed by atoms with Crippen LogP contribution < -0.4 is 5.32 Å². The molecule has 144 valence electrons. The minimum atomic E-state index is 0.0650. The third-order valence-electron chi connectivity index (χ3n) is 5.27. The van der Waals surface area contributed by atoms with Gasteiger partial charge in [-0.1, -0.05) is 47.0 Å². The lowest BCUT2D eigenvalue weighted by molar-refractivity contribution is -0.121. The van der Waals surface area contributed by atoms with Crippen molar-refractivity contribution in [1.82, 2.24) is 4.90 Å². The molecule has 0 unspecified atom stereocenters. The predicted molar refractivity (Wildman–Crippen MR) is 114 cm³/mol. The second-order valence-corrected chi connectivity index (χ2v) is 8.38. The number of carbonyl (C=O) groups excluding carboxylic acids is 1. The average molecular weight is 405 g/mol. The molecule has 3 nitrogen and oxygen atoms in total. The Morgan fingerprint density at radius 1 is 1.04 bits per heavy atom. The van der Waals surface area contributed by atoms with Gasteiger partial charge >= 0.3 is 0 Å². The highest BCUT2D eigenvalue weighted by molar-refractivity contribution is 6.42. The van der Waals surface area contributed by atoms with Crippen molar-refractivity contribution in [2.45, 2.75) is 40.2 Å². The van der Waals surface area contributed by atoms with E-state index in [1.54, 1.807) is 0 Å². The Labute approximate surface area is 171 Å². The van der Waals surface area contributed by atoms with Crippen molar-refractivity contribution in [3.05, 3.63) is 62.6 Å². The molecule has 1 amide bonds. The maximum Gasteiger partial charge on any atom is 0.227 e. The molecule has 0 spiro atoms. The summed E-state index contributed by atoms with van der Waals surface area (Å²) < 4.78 is 0. The first-order valence-electron chi connectivity index (χ1n) is 9.38. The highest BCUT2D eigenvalue weighted by Crippen LogP contribution is 2.27. The minimum absolute atomic E-state index is 0.0650. The molecule has 0 bridgehead atoms. The van der Waals surface area contributed by atoms with Crippen LogP contribution in [0.15, 0.2) is 30.3 Å². The summed E-state index contributed by atoms with van der Waals surface area (Å²) >= 11 is 12.1. The lowest BCUT2D eigenvalue weighted by Crippen LogP contribution is -2.37. The average Bonchev–Trinajstić information content (AvgIpc) is 2.61. The van der Waals surface area contributed by atoms with Gasteiger partial charge in [-0.25, -0.2) is 0 Å². The van der Waals surface area contributed by atoms with Crippen LogP contribution >= 0.6 is 23.2 Å². The molecule has 2 aromatic rings. The number of likely N-dealkylation sites (tertiary alicyclic amines) is 1. The summed E-state index contributed by atoms with van der Waals surface area (Å²) in [6.45, 7) is 8.83. The van der Waals surface area contributed by atoms with Crippen LogP contribution in [0, 0.1) is 26.7 Å². The first-order valence-corrected chi connectivity index (χ1v) is 10.1. The largest absolute Gasteiger partial charge is 0.325 e. The molecule has 1 N–H and O–H groups in total. The molecule has 0 atom stereocenters. The summed E-state index contributed by atoms with van der Waals surface area (Å²) in [5, 5.41) is 4.34. The van der Waals surface area contributed by atoms with Crippen molar-refractivity contribution in [1.29, 1.82) is 0 Å². The zero-order valence-electron chi connectivity index (χ0n) is 16.1. The quantitative estimate of drug-likeness (QED) is 0.701. The van der Waals surface area contributed by atoms with Crippen LogP contribution in [0.3, 0.4) is 0 Å². The normalized spacial score (nSPS) is 15.7. The third kappa shape index (κ3) is 5.04. The Morgan fingerprint density at radius 2 is 1.67 bits per heavy atom. The van der Waals surface area contributed by atoms with Crippen molar-refractivity contribution in [2.24, 2.45) is 5.92 Å². The summed E-state index contributed by atoms with van der Waals surface area (Å²) in [7, 11) is 0. The molecule has 1 heterocycles. The van der Waals surface area contributed by atoms with Crippen molar-refractivity contribution in [2.75, 3.05) is 18.4 Å². The van der Waals surface area contributed by atoms with Crippen LogP contribution in [0.4, 0.5) is 5.69 Å². The zero-order valence-corrected chi connectivity index (χ0v) is 17.6. The molecular weight excluding hydrogens is 379 g/mol. The second-order valence-electron chi connectivity index (χ2n) is 7.56. The van der Waals surface area contributed by atoms with E-state index in [1.165, 1.54) is 5.56 Å². The number of amides is 1. The van der Waals surface area contributed by atoms with Crippen molar-refractivity contribution >= 4 is 34.8 Å². The molecule has 5 heteroatoms. The third-order valence-corrected chi connectivity index (χ3v) is 6.01. The van der Waals surface area contributed by atoms with Gasteiger partial charge in [-0.05, 0) is 75.5 Å². The maximum atomic E-state index is 12.7. The summed E-state index contributed by atoms with van der Waals surface area (Å²) in [4.78, 5) is 15.1. The van der Waals surface area contributed by atoms with Crippen LogP contribution in [0.1, 0.15) is 35.1 Å². The Bertz CT molecular complexity index is 819. The molecule has 1 fully saturated rings. The number of piperidine rings is 1. The molecule has 0 radical (unpaired) electrons. The number of nitrogens with zero attached hydrogens (tertiary/aromatic N) is 1. The van der Waals surface area contributed by atoms with Crippen LogP contribution in [0.5, 0.6) is 0 Å². The molecular formula is C22H26Cl2N2O. The molecule has 3 rings (SSSR count). The van der Waals surface area contributed by atoms with E-state index in [9.17, 15) is 4.79 Å². The van der Waals surface area contributed by atoms with Crippen LogP contribution in [-0.2, 0) is 11.3 Å². The number of hydrogen-bond donors (Lipinski definition) is 1. The molecule has 1 saturated heterocycles. The molecule has 1 aliphatic heterocycles. The van der Waals surface area contributed by atoms with Crippen molar-refractivity contribution in [3.63, 3.8) is 0 Å². The highest BCUT2D eigenvalue weighted by Gasteiger charge is 2.25. The van der Waals surface area contributed by atoms with Gasteiger partial charge in [0.05, 0.1) is 10.0 Å². The summed E-state index contributed by atoms with van der Waals surface area (Å²) in [6, 6.07) is 10.00. The topological polar surface area (TPSA) is 32.3 Å². The van der Waals surface area contributed by atoms with Gasteiger partial charge in [-0.2, -0.15) is 0 Å². The fraction of sp³-hybridized carbons (Fsp3) is 0.409. The van der Waals surface area contributed by atoms with E-state index < -0.39 is 0 Å². The van der Waals surface area contributed by atoms with Gasteiger partial charge in [0.2, 0.25) is 5.91 Å². The van der Waals surface area contributed by atoms with E-state index in [4.69, 9.17) is 23.2 Å². The van der Waals surface area contributed by atoms with Gasteiger partial charge in [0.15, 0.2) is 0 Å². The Morgan fingerprint density at radius 3 is 2.26 bits per heavy atom. The summed E-state index contributed by atoms with van der Waals surface area (Å²) in [5.41, 5.74) is 5.58. The summed E-state index contributed by atoms with van der Waals surface area (Å²) in [6.07, 6.45) is 1.74. The number of benzene rings is 2. The maximum absolute atomic E-state index is 12.7. The molecule has 0 saturated carbocycles. The number of nitrogens with one attached hydrogen (secondary N) is 1. The van der Waals surface area contributed by atoms with E-state index >= 15 is 0 Å². The molecule has 1 aliphatic rings. The molecule has 0 aliphatic carbocycles. The number of anilines is 1. The SMILES string of the molecule is Cc1cc(C)c(NC(=O)C2CCN(Cc3ccc(Cl)c(Cl)c3)CC2)c(C)c1. The Hall–Kier alpha value is -1.55. The second kappa shape index (κ2) is 8.64. The summed E-state index contributed by atoms with van der Waals surface area (Å²) in [5.74, 6) is 0.203. The predicted octanol–water partition coefficient (Wildman–Crippen LogP) is 5.77. The fourth-order valence-electron chi connectivity index (χ4n) is 3.85. The number of aryl methyl sites for hydroxylation is 3. The van der Waals surface area contributed by atoms with E-state index in [2.05, 4.69) is 43.1 Å². The zero-order chi connectivity index (χ0) is 19.6. The number of carbonyl (C=O) groups is 1. The molecule has 2 aromatic carbocycles. The smallest absolute Gasteiger partial charge is 0.227 e. The lowest BCUT2D eigenvalue weighted by atomic mass is 9.95.